The molecule has 0 bridgehead atoms. The number of ether oxygens (including phenoxy) is 1. The summed E-state index contributed by atoms with van der Waals surface area (Å²) in [7, 11) is -3.51. The molecule has 2 aliphatic rings. The van der Waals surface area contributed by atoms with Gasteiger partial charge in [0.25, 0.3) is 0 Å². The van der Waals surface area contributed by atoms with Crippen molar-refractivity contribution in [2.75, 3.05) is 31.7 Å². The van der Waals surface area contributed by atoms with E-state index in [1.165, 1.54) is 21.2 Å². The van der Waals surface area contributed by atoms with Crippen molar-refractivity contribution in [2.24, 2.45) is 5.10 Å². The fourth-order valence-electron chi connectivity index (χ4n) is 4.19. The van der Waals surface area contributed by atoms with Gasteiger partial charge in [0.2, 0.25) is 10.0 Å². The van der Waals surface area contributed by atoms with E-state index in [4.69, 9.17) is 4.74 Å². The second kappa shape index (κ2) is 8.51. The van der Waals surface area contributed by atoms with Crippen molar-refractivity contribution in [1.82, 2.24) is 14.3 Å². The molecule has 0 radical (unpaired) electrons. The van der Waals surface area contributed by atoms with Crippen LogP contribution < -0.4 is 5.43 Å². The molecule has 0 spiro atoms. The third-order valence-corrected chi connectivity index (χ3v) is 8.98. The van der Waals surface area contributed by atoms with E-state index in [2.05, 4.69) is 20.5 Å². The second-order valence-electron chi connectivity index (χ2n) is 8.01. The van der Waals surface area contributed by atoms with Crippen LogP contribution in [0.2, 0.25) is 0 Å². The molecule has 1 aromatic carbocycles. The second-order valence-corrected chi connectivity index (χ2v) is 11.0. The third kappa shape index (κ3) is 3.92. The average molecular weight is 472 g/mol. The van der Waals surface area contributed by atoms with Gasteiger partial charge in [-0.15, -0.1) is 11.3 Å². The Balaban J connectivity index is 1.38. The van der Waals surface area contributed by atoms with E-state index in [0.29, 0.717) is 32.1 Å². The van der Waals surface area contributed by atoms with Gasteiger partial charge in [0.1, 0.15) is 10.7 Å². The van der Waals surface area contributed by atoms with E-state index < -0.39 is 10.0 Å². The van der Waals surface area contributed by atoms with Crippen molar-refractivity contribution >= 4 is 43.1 Å². The minimum atomic E-state index is -3.51. The smallest absolute Gasteiger partial charge is 0.243 e. The number of hydrazone groups is 1. The fraction of sp³-hybridized carbons (Fsp3) is 0.409. The first-order chi connectivity index (χ1) is 15.4. The molecule has 1 aliphatic carbocycles. The van der Waals surface area contributed by atoms with Crippen LogP contribution in [-0.2, 0) is 27.6 Å². The lowest BCUT2D eigenvalue weighted by atomic mass is 10.1. The summed E-state index contributed by atoms with van der Waals surface area (Å²) in [6, 6.07) is 6.85. The van der Waals surface area contributed by atoms with Crippen LogP contribution in [0.3, 0.4) is 0 Å². The quantitative estimate of drug-likeness (QED) is 0.453. The number of benzene rings is 1. The number of sulfonamides is 1. The lowest BCUT2D eigenvalue weighted by Gasteiger charge is -2.26. The van der Waals surface area contributed by atoms with Crippen LogP contribution in [0.5, 0.6) is 0 Å². The van der Waals surface area contributed by atoms with Crippen LogP contribution in [-0.4, -0.2) is 54.7 Å². The van der Waals surface area contributed by atoms with Gasteiger partial charge in [0.05, 0.1) is 29.2 Å². The Morgan fingerprint density at radius 1 is 1.16 bits per heavy atom. The highest BCUT2D eigenvalue weighted by atomic mass is 32.2. The first kappa shape index (κ1) is 21.4. The summed E-state index contributed by atoms with van der Waals surface area (Å²) in [6.45, 7) is 5.40. The van der Waals surface area contributed by atoms with E-state index in [9.17, 15) is 8.42 Å². The number of hydrogen-bond acceptors (Lipinski definition) is 8. The highest BCUT2D eigenvalue weighted by Gasteiger charge is 2.26. The Morgan fingerprint density at radius 2 is 1.91 bits per heavy atom. The maximum atomic E-state index is 12.8. The summed E-state index contributed by atoms with van der Waals surface area (Å²) >= 11 is 1.75. The Morgan fingerprint density at radius 3 is 2.66 bits per heavy atom. The van der Waals surface area contributed by atoms with Crippen LogP contribution in [0.1, 0.15) is 35.2 Å². The molecule has 3 heterocycles. The Labute approximate surface area is 191 Å². The Bertz CT molecular complexity index is 1290. The van der Waals surface area contributed by atoms with Crippen LogP contribution in [0.25, 0.3) is 10.2 Å². The van der Waals surface area contributed by atoms with E-state index in [0.717, 1.165) is 40.2 Å². The van der Waals surface area contributed by atoms with Gasteiger partial charge in [0.15, 0.2) is 5.82 Å². The van der Waals surface area contributed by atoms with Crippen LogP contribution in [0.15, 0.2) is 34.3 Å². The highest BCUT2D eigenvalue weighted by molar-refractivity contribution is 7.89. The first-order valence-electron chi connectivity index (χ1n) is 10.7. The van der Waals surface area contributed by atoms with Gasteiger partial charge < -0.3 is 4.74 Å². The van der Waals surface area contributed by atoms with Gasteiger partial charge in [0, 0.05) is 18.0 Å². The molecular formula is C22H25N5O3S2. The first-order valence-corrected chi connectivity index (χ1v) is 13.0. The number of anilines is 1. The SMILES string of the molecule is C/C(=N\Nc1nc(C)nc2sc3c(c12)CCC3)c1ccc(S(=O)(=O)N2CCOCC2)cc1. The Hall–Kier alpha value is -2.40. The van der Waals surface area contributed by atoms with Crippen molar-refractivity contribution in [1.29, 1.82) is 0 Å². The largest absolute Gasteiger partial charge is 0.379 e. The van der Waals surface area contributed by atoms with Crippen LogP contribution in [0, 0.1) is 6.92 Å². The molecule has 3 aromatic rings. The van der Waals surface area contributed by atoms with E-state index >= 15 is 0 Å². The minimum absolute atomic E-state index is 0.283. The molecule has 32 heavy (non-hydrogen) atoms. The van der Waals surface area contributed by atoms with Gasteiger partial charge in [-0.05, 0) is 56.4 Å². The summed E-state index contributed by atoms with van der Waals surface area (Å²) < 4.78 is 32.4. The molecule has 2 aromatic heterocycles. The zero-order valence-electron chi connectivity index (χ0n) is 18.1. The number of aromatic nitrogens is 2. The molecule has 168 valence electrons. The molecule has 1 fully saturated rings. The molecule has 5 rings (SSSR count). The van der Waals surface area contributed by atoms with E-state index in [1.807, 2.05) is 13.8 Å². The van der Waals surface area contributed by atoms with Crippen molar-refractivity contribution in [3.63, 3.8) is 0 Å². The minimum Gasteiger partial charge on any atom is -0.379 e. The highest BCUT2D eigenvalue weighted by Crippen LogP contribution is 2.39. The number of rotatable bonds is 5. The molecule has 0 saturated carbocycles. The van der Waals surface area contributed by atoms with Crippen LogP contribution in [0.4, 0.5) is 5.82 Å². The zero-order valence-corrected chi connectivity index (χ0v) is 19.7. The predicted octanol–water partition coefficient (Wildman–Crippen LogP) is 3.35. The fourth-order valence-corrected chi connectivity index (χ4v) is 6.90. The van der Waals surface area contributed by atoms with Gasteiger partial charge in [-0.25, -0.2) is 18.4 Å². The predicted molar refractivity (Wildman–Crippen MR) is 126 cm³/mol. The summed E-state index contributed by atoms with van der Waals surface area (Å²) in [5.74, 6) is 1.45. The molecular weight excluding hydrogens is 446 g/mol. The third-order valence-electron chi connectivity index (χ3n) is 5.89. The van der Waals surface area contributed by atoms with E-state index in [-0.39, 0.29) is 4.90 Å². The van der Waals surface area contributed by atoms with Gasteiger partial charge in [-0.2, -0.15) is 9.41 Å². The molecule has 0 unspecified atom stereocenters. The topological polar surface area (TPSA) is 96.8 Å². The molecule has 1 N–H and O–H groups in total. The molecule has 8 nitrogen and oxygen atoms in total. The van der Waals surface area contributed by atoms with E-state index in [1.54, 1.807) is 35.6 Å². The van der Waals surface area contributed by atoms with Crippen molar-refractivity contribution in [3.05, 3.63) is 46.1 Å². The van der Waals surface area contributed by atoms with Crippen LogP contribution >= 0.6 is 11.3 Å². The summed E-state index contributed by atoms with van der Waals surface area (Å²) in [5, 5.41) is 5.63. The maximum Gasteiger partial charge on any atom is 0.243 e. The molecule has 10 heteroatoms. The van der Waals surface area contributed by atoms with Gasteiger partial charge >= 0.3 is 0 Å². The number of aryl methyl sites for hydroxylation is 3. The van der Waals surface area contributed by atoms with Crippen molar-refractivity contribution < 1.29 is 13.2 Å². The number of hydrogen-bond donors (Lipinski definition) is 1. The standard InChI is InChI=1S/C22H25N5O3S2/c1-14(16-6-8-17(9-7-16)32(28,29)27-10-12-30-13-11-27)25-26-21-20-18-4-3-5-19(18)31-22(20)24-15(2)23-21/h6-9H,3-5,10-13H2,1-2H3,(H,23,24,26)/b25-14+. The number of morpholine rings is 1. The summed E-state index contributed by atoms with van der Waals surface area (Å²) in [4.78, 5) is 11.9. The number of thiophene rings is 1. The molecule has 0 amide bonds. The van der Waals surface area contributed by atoms with Gasteiger partial charge in [-0.1, -0.05) is 12.1 Å². The molecule has 0 atom stereocenters. The molecule has 1 saturated heterocycles. The lowest BCUT2D eigenvalue weighted by molar-refractivity contribution is 0.0730. The lowest BCUT2D eigenvalue weighted by Crippen LogP contribution is -2.40. The number of nitrogens with one attached hydrogen (secondary N) is 1. The normalized spacial score (nSPS) is 17.6. The van der Waals surface area contributed by atoms with Gasteiger partial charge in [-0.3, -0.25) is 5.43 Å². The number of fused-ring (bicyclic) bond motifs is 3. The average Bonchev–Trinajstić information content (AvgIpc) is 3.39. The zero-order chi connectivity index (χ0) is 22.3. The Kier molecular flexibility index (Phi) is 5.70. The monoisotopic (exact) mass is 471 g/mol. The number of nitrogens with zero attached hydrogens (tertiary/aromatic N) is 4. The molecule has 1 aliphatic heterocycles. The van der Waals surface area contributed by atoms with Crippen molar-refractivity contribution in [3.8, 4) is 0 Å². The summed E-state index contributed by atoms with van der Waals surface area (Å²) in [6.07, 6.45) is 3.33. The maximum absolute atomic E-state index is 12.8. The summed E-state index contributed by atoms with van der Waals surface area (Å²) in [5.41, 5.74) is 6.08. The van der Waals surface area contributed by atoms with Crippen molar-refractivity contribution in [2.45, 2.75) is 38.0 Å².